The van der Waals surface area contributed by atoms with Crippen LogP contribution in [0, 0.1) is 0 Å². The van der Waals surface area contributed by atoms with Crippen LogP contribution < -0.4 is 19.6 Å². The lowest BCUT2D eigenvalue weighted by molar-refractivity contribution is -0.354. The van der Waals surface area contributed by atoms with Crippen LogP contribution in [0.2, 0.25) is 0 Å². The normalized spacial score (nSPS) is 32.6. The van der Waals surface area contributed by atoms with E-state index in [1.165, 1.54) is 57.4 Å². The van der Waals surface area contributed by atoms with Gasteiger partial charge in [-0.05, 0) is 55.8 Å². The Labute approximate surface area is 372 Å². The fourth-order valence-corrected chi connectivity index (χ4v) is 7.39. The van der Waals surface area contributed by atoms with Gasteiger partial charge in [0.15, 0.2) is 41.2 Å². The Bertz CT molecular complexity index is 2470. The van der Waals surface area contributed by atoms with Gasteiger partial charge in [0, 0.05) is 23.8 Å². The minimum atomic E-state index is -2.09. The Hall–Kier alpha value is -5.80. The van der Waals surface area contributed by atoms with Crippen LogP contribution in [0.25, 0.3) is 28.4 Å². The van der Waals surface area contributed by atoms with E-state index in [4.69, 9.17) is 42.3 Å². The van der Waals surface area contributed by atoms with Crippen molar-refractivity contribution in [2.45, 2.75) is 106 Å². The molecule has 3 aliphatic rings. The molecule has 0 bridgehead atoms. The van der Waals surface area contributed by atoms with Crippen molar-refractivity contribution in [3.05, 3.63) is 70.4 Å². The molecule has 3 saturated heterocycles. The highest BCUT2D eigenvalue weighted by Gasteiger charge is 2.52. The minimum absolute atomic E-state index is 0.0218. The van der Waals surface area contributed by atoms with E-state index < -0.39 is 144 Å². The van der Waals surface area contributed by atoms with Crippen LogP contribution in [0.5, 0.6) is 40.2 Å². The van der Waals surface area contributed by atoms with E-state index in [2.05, 4.69) is 0 Å². The molecule has 3 fully saturated rings. The summed E-state index contributed by atoms with van der Waals surface area (Å²) in [6.45, 7) is 1.97. The number of ether oxygens (including phenoxy) is 8. The van der Waals surface area contributed by atoms with Crippen LogP contribution in [0.4, 0.5) is 0 Å². The summed E-state index contributed by atoms with van der Waals surface area (Å²) in [5.41, 5.74) is -1.23. The van der Waals surface area contributed by atoms with E-state index in [1.54, 1.807) is 0 Å². The molecule has 358 valence electrons. The molecule has 1 aromatic heterocycles. The van der Waals surface area contributed by atoms with E-state index in [-0.39, 0.29) is 34.0 Å². The van der Waals surface area contributed by atoms with Crippen molar-refractivity contribution in [1.82, 2.24) is 0 Å². The highest BCUT2D eigenvalue weighted by Crippen LogP contribution is 2.41. The van der Waals surface area contributed by atoms with Crippen molar-refractivity contribution in [2.75, 3.05) is 13.7 Å². The van der Waals surface area contributed by atoms with Gasteiger partial charge < -0.3 is 104 Å². The topological polar surface area (TPSA) is 364 Å². The van der Waals surface area contributed by atoms with Gasteiger partial charge in [0.25, 0.3) is 0 Å². The van der Waals surface area contributed by atoms with Gasteiger partial charge in [-0.2, -0.15) is 0 Å². The number of phenolic OH excluding ortho intramolecular Hbond substituents is 4. The van der Waals surface area contributed by atoms with Gasteiger partial charge in [0.2, 0.25) is 23.8 Å². The molecular formula is C43H48O23. The van der Waals surface area contributed by atoms with E-state index in [1.807, 2.05) is 0 Å². The van der Waals surface area contributed by atoms with Gasteiger partial charge in [-0.3, -0.25) is 4.79 Å². The number of methoxy groups -OCH3 is 1. The average molecular weight is 933 g/mol. The molecule has 6 unspecified atom stereocenters. The predicted molar refractivity (Wildman–Crippen MR) is 219 cm³/mol. The molecule has 3 aliphatic heterocycles. The summed E-state index contributed by atoms with van der Waals surface area (Å²) in [4.78, 5) is 27.4. The number of aromatic hydroxyl groups is 4. The molecule has 4 heterocycles. The second-order valence-electron chi connectivity index (χ2n) is 15.7. The first-order valence-corrected chi connectivity index (χ1v) is 20.3. The number of carbonyl (C=O) groups is 1. The molecule has 66 heavy (non-hydrogen) atoms. The summed E-state index contributed by atoms with van der Waals surface area (Å²) in [6, 6.07) is 9.48. The number of hydrogen-bond acceptors (Lipinski definition) is 23. The summed E-state index contributed by atoms with van der Waals surface area (Å²) in [7, 11) is 1.23. The number of esters is 1. The van der Waals surface area contributed by atoms with Crippen molar-refractivity contribution >= 4 is 23.0 Å². The van der Waals surface area contributed by atoms with Crippen molar-refractivity contribution < 1.29 is 108 Å². The van der Waals surface area contributed by atoms with E-state index in [0.29, 0.717) is 0 Å². The maximum absolute atomic E-state index is 14.6. The second-order valence-corrected chi connectivity index (χ2v) is 15.7. The summed E-state index contributed by atoms with van der Waals surface area (Å²) in [5.74, 6) is -4.60. The number of aliphatic hydroxyl groups excluding tert-OH is 8. The lowest BCUT2D eigenvalue weighted by Gasteiger charge is -2.45. The summed E-state index contributed by atoms with van der Waals surface area (Å²) in [6.07, 6.45) is -23.4. The molecule has 0 spiro atoms. The fourth-order valence-electron chi connectivity index (χ4n) is 7.39. The van der Waals surface area contributed by atoms with Gasteiger partial charge >= 0.3 is 5.97 Å². The first kappa shape index (κ1) is 48.1. The van der Waals surface area contributed by atoms with E-state index in [0.717, 1.165) is 24.3 Å². The largest absolute Gasteiger partial charge is 0.507 e. The molecule has 3 aromatic carbocycles. The zero-order chi connectivity index (χ0) is 47.9. The third-order valence-electron chi connectivity index (χ3n) is 11.2. The Balaban J connectivity index is 1.27. The van der Waals surface area contributed by atoms with Crippen LogP contribution in [0.1, 0.15) is 19.4 Å². The van der Waals surface area contributed by atoms with Gasteiger partial charge in [0.1, 0.15) is 84.0 Å². The minimum Gasteiger partial charge on any atom is -0.507 e. The molecule has 0 amide bonds. The van der Waals surface area contributed by atoms with Gasteiger partial charge in [-0.15, -0.1) is 0 Å². The van der Waals surface area contributed by atoms with Crippen LogP contribution >= 0.6 is 0 Å². The third kappa shape index (κ3) is 9.69. The number of rotatable bonds is 12. The zero-order valence-corrected chi connectivity index (χ0v) is 35.0. The molecule has 23 nitrogen and oxygen atoms in total. The fraction of sp³-hybridized carbons (Fsp3) is 0.442. The standard InChI is InChI=1S/C43H48O23/c1-15-29(49)33(53)36(56)41(60-15)62-19-12-23(47)28-25(13-19)63-38(18-6-8-21(45)24(11-18)58-3)39(32(28)52)65-43-40(66-42-37(57)34(54)30(50)16(2)61-42)35(55)31(51)26(64-43)14-59-27(48)9-5-17-4-7-20(44)22(46)10-17/h4-13,15-16,26,29-31,33-37,40-47,49-51,53-57H,14H2,1-3H3/b9-5+/t15?,16?,26?,29-,30-,31+,33?,34?,35?,36-,37-,40-,41-,42-,43-/m0/s1. The van der Waals surface area contributed by atoms with E-state index in [9.17, 15) is 70.9 Å². The van der Waals surface area contributed by atoms with Crippen LogP contribution in [-0.4, -0.2) is 173 Å². The highest BCUT2D eigenvalue weighted by atomic mass is 16.8. The molecule has 23 heteroatoms. The number of fused-ring (bicyclic) bond motifs is 1. The lowest BCUT2D eigenvalue weighted by atomic mass is 9.97. The number of carbonyl (C=O) groups excluding carboxylic acids is 1. The lowest BCUT2D eigenvalue weighted by Crippen LogP contribution is -2.64. The molecule has 0 radical (unpaired) electrons. The Morgan fingerprint density at radius 1 is 0.667 bits per heavy atom. The molecular weight excluding hydrogens is 884 g/mol. The molecule has 0 aliphatic carbocycles. The van der Waals surface area contributed by atoms with Crippen molar-refractivity contribution in [3.8, 4) is 51.6 Å². The Morgan fingerprint density at radius 3 is 1.98 bits per heavy atom. The van der Waals surface area contributed by atoms with Crippen molar-refractivity contribution in [2.24, 2.45) is 0 Å². The number of aliphatic hydroxyl groups is 8. The number of benzene rings is 3. The predicted octanol–water partition coefficient (Wildman–Crippen LogP) is -1.21. The monoisotopic (exact) mass is 932 g/mol. The first-order chi connectivity index (χ1) is 31.3. The number of phenols is 4. The molecule has 7 rings (SSSR count). The second kappa shape index (κ2) is 19.6. The molecule has 12 N–H and O–H groups in total. The van der Waals surface area contributed by atoms with Crippen molar-refractivity contribution in [1.29, 1.82) is 0 Å². The van der Waals surface area contributed by atoms with Crippen molar-refractivity contribution in [3.63, 3.8) is 0 Å². The highest BCUT2D eigenvalue weighted by molar-refractivity contribution is 5.89. The summed E-state index contributed by atoms with van der Waals surface area (Å²) >= 11 is 0. The van der Waals surface area contributed by atoms with Crippen LogP contribution in [-0.2, 0) is 28.5 Å². The average Bonchev–Trinajstić information content (AvgIpc) is 3.28. The molecule has 15 atom stereocenters. The maximum Gasteiger partial charge on any atom is 0.330 e. The van der Waals surface area contributed by atoms with Crippen LogP contribution in [0.15, 0.2) is 63.8 Å². The van der Waals surface area contributed by atoms with E-state index >= 15 is 0 Å². The summed E-state index contributed by atoms with van der Waals surface area (Å²) in [5, 5.41) is 126. The van der Waals surface area contributed by atoms with Gasteiger partial charge in [0.05, 0.1) is 19.3 Å². The molecule has 0 saturated carbocycles. The maximum atomic E-state index is 14.6. The number of hydrogen-bond donors (Lipinski definition) is 12. The smallest absolute Gasteiger partial charge is 0.330 e. The quantitative estimate of drug-likeness (QED) is 0.0450. The molecule has 4 aromatic rings. The Kier molecular flexibility index (Phi) is 14.3. The summed E-state index contributed by atoms with van der Waals surface area (Å²) < 4.78 is 51.5. The van der Waals surface area contributed by atoms with Gasteiger partial charge in [-0.25, -0.2) is 4.79 Å². The zero-order valence-electron chi connectivity index (χ0n) is 35.0. The van der Waals surface area contributed by atoms with Crippen LogP contribution in [0.3, 0.4) is 0 Å². The third-order valence-corrected chi connectivity index (χ3v) is 11.2. The van der Waals surface area contributed by atoms with Gasteiger partial charge in [-0.1, -0.05) is 6.07 Å². The first-order valence-electron chi connectivity index (χ1n) is 20.3. The SMILES string of the molecule is COc1cc(-c2oc3cc(O[C@@H]4OC(C)[C@H](O)C(O)[C@@H]4O)cc(O)c3c(=O)c2O[C@@H]2OC(COC(=O)/C=C/c3ccc(O)c(O)c3)[C@@H](O)C(O)[C@@H]2O[C@@H]2OC(C)[C@H](O)C(O)[C@@H]2O)ccc1O. The Morgan fingerprint density at radius 2 is 1.32 bits per heavy atom.